The first-order valence-corrected chi connectivity index (χ1v) is 7.27. The second-order valence-corrected chi connectivity index (χ2v) is 4.87. The van der Waals surface area contributed by atoms with Crippen LogP contribution in [0.3, 0.4) is 0 Å². The number of benzene rings is 2. The van der Waals surface area contributed by atoms with Gasteiger partial charge in [0.25, 0.3) is 0 Å². The number of aliphatic imine (C=N–C) groups is 2. The van der Waals surface area contributed by atoms with Gasteiger partial charge in [-0.3, -0.25) is 0 Å². The van der Waals surface area contributed by atoms with Gasteiger partial charge in [0.05, 0.1) is 0 Å². The molecule has 1 aliphatic heterocycles. The molecule has 20 heavy (non-hydrogen) atoms. The van der Waals surface area contributed by atoms with Gasteiger partial charge in [0, 0.05) is 0 Å². The predicted octanol–water partition coefficient (Wildman–Crippen LogP) is 4.24. The molecule has 0 unspecified atom stereocenters. The third-order valence-electron chi connectivity index (χ3n) is 2.67. The van der Waals surface area contributed by atoms with E-state index in [-0.39, 0.29) is 0 Å². The molecule has 0 spiro atoms. The highest BCUT2D eigenvalue weighted by molar-refractivity contribution is 7.99. The van der Waals surface area contributed by atoms with E-state index in [1.54, 1.807) is 11.8 Å². The van der Waals surface area contributed by atoms with Crippen molar-refractivity contribution in [2.75, 3.05) is 11.9 Å². The highest BCUT2D eigenvalue weighted by Crippen LogP contribution is 2.30. The molecule has 0 saturated heterocycles. The van der Waals surface area contributed by atoms with Crippen LogP contribution in [0.2, 0.25) is 0 Å². The van der Waals surface area contributed by atoms with Crippen LogP contribution in [0, 0.1) is 0 Å². The van der Waals surface area contributed by atoms with E-state index in [9.17, 15) is 0 Å². The first-order valence-electron chi connectivity index (χ1n) is 6.11. The summed E-state index contributed by atoms with van der Waals surface area (Å²) in [4.78, 5) is 8.43. The van der Waals surface area contributed by atoms with Crippen LogP contribution in [0.4, 0.5) is 11.4 Å². The number of para-hydroxylation sites is 4. The monoisotopic (exact) mass is 284 g/mol. The molecule has 0 fully saturated rings. The highest BCUT2D eigenvalue weighted by Gasteiger charge is 2.04. The Morgan fingerprint density at radius 2 is 1.30 bits per heavy atom. The molecule has 0 bridgehead atoms. The van der Waals surface area contributed by atoms with Crippen LogP contribution >= 0.6 is 11.8 Å². The summed E-state index contributed by atoms with van der Waals surface area (Å²) >= 11 is 1.55. The summed E-state index contributed by atoms with van der Waals surface area (Å²) < 4.78 is 11.3. The van der Waals surface area contributed by atoms with E-state index in [1.165, 1.54) is 0 Å². The van der Waals surface area contributed by atoms with Crippen LogP contribution in [0.1, 0.15) is 0 Å². The lowest BCUT2D eigenvalue weighted by molar-refractivity contribution is 0.374. The van der Waals surface area contributed by atoms with Crippen LogP contribution in [-0.4, -0.2) is 17.9 Å². The van der Waals surface area contributed by atoms with Crippen molar-refractivity contribution in [2.24, 2.45) is 9.98 Å². The summed E-state index contributed by atoms with van der Waals surface area (Å²) in [6, 6.07) is 17.8. The molecule has 1 aliphatic rings. The Morgan fingerprint density at radius 3 is 1.85 bits per heavy atom. The zero-order valence-electron chi connectivity index (χ0n) is 10.7. The molecule has 1 heterocycles. The molecule has 0 N–H and O–H groups in total. The zero-order valence-corrected chi connectivity index (χ0v) is 11.5. The Kier molecular flexibility index (Phi) is 4.01. The fourth-order valence-electron chi connectivity index (χ4n) is 1.72. The van der Waals surface area contributed by atoms with Gasteiger partial charge in [0.1, 0.15) is 40.8 Å². The fraction of sp³-hybridized carbons (Fsp3) is 0.133. The summed E-state index contributed by atoms with van der Waals surface area (Å²) in [5, 5.41) is 0. The van der Waals surface area contributed by atoms with E-state index < -0.39 is 0 Å². The van der Waals surface area contributed by atoms with Gasteiger partial charge in [-0.05, 0) is 24.3 Å². The van der Waals surface area contributed by atoms with Crippen LogP contribution in [0.25, 0.3) is 0 Å². The zero-order chi connectivity index (χ0) is 13.6. The number of thioether (sulfide) groups is 1. The second-order valence-electron chi connectivity index (χ2n) is 3.99. The lowest BCUT2D eigenvalue weighted by atomic mass is 10.3. The van der Waals surface area contributed by atoms with Crippen molar-refractivity contribution in [3.63, 3.8) is 0 Å². The van der Waals surface area contributed by atoms with Crippen molar-refractivity contribution in [3.05, 3.63) is 48.5 Å². The van der Waals surface area contributed by atoms with E-state index >= 15 is 0 Å². The van der Waals surface area contributed by atoms with Gasteiger partial charge < -0.3 is 9.47 Å². The van der Waals surface area contributed by atoms with Crippen molar-refractivity contribution in [3.8, 4) is 11.5 Å². The van der Waals surface area contributed by atoms with E-state index in [1.807, 2.05) is 48.5 Å². The maximum Gasteiger partial charge on any atom is 0.147 e. The SMILES string of the molecule is C1=Nc2ccccc2OCSCOc2ccccc2N=1. The molecule has 2 aromatic carbocycles. The molecule has 2 aromatic rings. The predicted molar refractivity (Wildman–Crippen MR) is 80.6 cm³/mol. The van der Waals surface area contributed by atoms with Crippen molar-refractivity contribution >= 4 is 29.1 Å². The number of fused-ring (bicyclic) bond motifs is 2. The van der Waals surface area contributed by atoms with E-state index in [4.69, 9.17) is 9.47 Å². The molecule has 0 radical (unpaired) electrons. The standard InChI is InChI=1S/C15H12N2O2S/c1-3-7-14-12(5-1)16-9-17-13-6-2-4-8-15(13)19-11-20-10-18-14/h1-8H,10-11H2. The molecule has 5 heteroatoms. The summed E-state index contributed by atoms with van der Waals surface area (Å²) in [5.41, 5.74) is 1.44. The first kappa shape index (κ1) is 12.8. The maximum atomic E-state index is 5.66. The lowest BCUT2D eigenvalue weighted by Crippen LogP contribution is -1.99. The number of ether oxygens (including phenoxy) is 2. The molecule has 0 atom stereocenters. The van der Waals surface area contributed by atoms with E-state index in [0.717, 1.165) is 22.9 Å². The number of hydrogen-bond donors (Lipinski definition) is 0. The largest absolute Gasteiger partial charge is 0.481 e. The van der Waals surface area contributed by atoms with Crippen molar-refractivity contribution in [1.29, 1.82) is 0 Å². The van der Waals surface area contributed by atoms with Gasteiger partial charge in [-0.2, -0.15) is 9.98 Å². The third-order valence-corrected chi connectivity index (χ3v) is 3.24. The first-order chi connectivity index (χ1) is 9.93. The molecule has 0 aromatic heterocycles. The van der Waals surface area contributed by atoms with Gasteiger partial charge >= 0.3 is 0 Å². The summed E-state index contributed by atoms with van der Waals surface area (Å²) in [6.07, 6.45) is 0. The topological polar surface area (TPSA) is 43.2 Å². The van der Waals surface area contributed by atoms with Gasteiger partial charge in [-0.1, -0.05) is 36.0 Å². The average molecular weight is 284 g/mol. The number of nitrogens with zero attached hydrogens (tertiary/aromatic N) is 2. The van der Waals surface area contributed by atoms with Gasteiger partial charge in [-0.25, -0.2) is 0 Å². The summed E-state index contributed by atoms with van der Waals surface area (Å²) in [7, 11) is 0. The quantitative estimate of drug-likeness (QED) is 0.726. The minimum atomic E-state index is 0.506. The molecular weight excluding hydrogens is 272 g/mol. The van der Waals surface area contributed by atoms with Crippen LogP contribution in [0.15, 0.2) is 58.5 Å². The van der Waals surface area contributed by atoms with E-state index in [0.29, 0.717) is 11.9 Å². The molecule has 3 rings (SSSR count). The Labute approximate surface area is 121 Å². The second kappa shape index (κ2) is 6.28. The van der Waals surface area contributed by atoms with Crippen LogP contribution < -0.4 is 9.47 Å². The van der Waals surface area contributed by atoms with Gasteiger partial charge in [0.2, 0.25) is 0 Å². The summed E-state index contributed by atoms with van der Waals surface area (Å²) in [5.74, 6) is 2.45. The molecule has 0 amide bonds. The van der Waals surface area contributed by atoms with Crippen LogP contribution in [0.5, 0.6) is 11.5 Å². The minimum absolute atomic E-state index is 0.506. The number of rotatable bonds is 0. The Hall–Kier alpha value is -2.23. The average Bonchev–Trinajstić information content (AvgIpc) is 2.48. The molecule has 4 nitrogen and oxygen atoms in total. The van der Waals surface area contributed by atoms with E-state index in [2.05, 4.69) is 16.0 Å². The van der Waals surface area contributed by atoms with Crippen molar-refractivity contribution < 1.29 is 9.47 Å². The maximum absolute atomic E-state index is 5.66. The normalized spacial score (nSPS) is 14.0. The number of hydrogen-bond acceptors (Lipinski definition) is 5. The van der Waals surface area contributed by atoms with Gasteiger partial charge in [0.15, 0.2) is 0 Å². The smallest absolute Gasteiger partial charge is 0.147 e. The molecule has 0 saturated carbocycles. The third kappa shape index (κ3) is 3.02. The van der Waals surface area contributed by atoms with Crippen molar-refractivity contribution in [1.82, 2.24) is 0 Å². The minimum Gasteiger partial charge on any atom is -0.481 e. The lowest BCUT2D eigenvalue weighted by Gasteiger charge is -2.10. The van der Waals surface area contributed by atoms with Crippen molar-refractivity contribution in [2.45, 2.75) is 0 Å². The summed E-state index contributed by atoms with van der Waals surface area (Å²) in [6.45, 7) is 0. The Bertz CT molecular complexity index is 613. The fourth-order valence-corrected chi connectivity index (χ4v) is 2.21. The highest BCUT2D eigenvalue weighted by atomic mass is 32.2. The Morgan fingerprint density at radius 1 is 0.800 bits per heavy atom. The Balaban J connectivity index is 2.01. The molecule has 100 valence electrons. The molecule has 0 aliphatic carbocycles. The molecular formula is C15H12N2O2S. The van der Waals surface area contributed by atoms with Crippen LogP contribution in [-0.2, 0) is 0 Å². The van der Waals surface area contributed by atoms with Gasteiger partial charge in [-0.15, -0.1) is 0 Å².